The van der Waals surface area contributed by atoms with Gasteiger partial charge in [-0.1, -0.05) is 0 Å². The SMILES string of the molecule is COc1ccc(N2SN(C)C(=O)NC2=O)cc1. The Morgan fingerprint density at radius 3 is 2.41 bits per heavy atom. The summed E-state index contributed by atoms with van der Waals surface area (Å²) in [5, 5.41) is 2.23. The van der Waals surface area contributed by atoms with E-state index in [0.717, 1.165) is 12.1 Å². The lowest BCUT2D eigenvalue weighted by Crippen LogP contribution is -2.50. The van der Waals surface area contributed by atoms with Crippen LogP contribution in [0.3, 0.4) is 0 Å². The number of ether oxygens (including phenoxy) is 1. The molecule has 0 spiro atoms. The fourth-order valence-corrected chi connectivity index (χ4v) is 2.00. The van der Waals surface area contributed by atoms with E-state index in [2.05, 4.69) is 5.32 Å². The Morgan fingerprint density at radius 2 is 1.82 bits per heavy atom. The van der Waals surface area contributed by atoms with Crippen LogP contribution in [0.2, 0.25) is 0 Å². The van der Waals surface area contributed by atoms with Crippen LogP contribution in [-0.2, 0) is 0 Å². The molecule has 90 valence electrons. The van der Waals surface area contributed by atoms with Crippen molar-refractivity contribution < 1.29 is 14.3 Å². The van der Waals surface area contributed by atoms with Crippen molar-refractivity contribution in [1.82, 2.24) is 9.62 Å². The Morgan fingerprint density at radius 1 is 1.18 bits per heavy atom. The predicted octanol–water partition coefficient (Wildman–Crippen LogP) is 1.84. The summed E-state index contributed by atoms with van der Waals surface area (Å²) in [6.45, 7) is 0. The number of anilines is 1. The molecule has 1 heterocycles. The first kappa shape index (κ1) is 11.6. The maximum Gasteiger partial charge on any atom is 0.341 e. The predicted molar refractivity (Wildman–Crippen MR) is 64.8 cm³/mol. The standard InChI is InChI=1S/C10H11N3O3S/c1-12-9(14)11-10(15)13(17-12)7-3-5-8(16-2)6-4-7/h3-6H,1-2H3,(H,11,14,15). The van der Waals surface area contributed by atoms with E-state index in [0.29, 0.717) is 11.4 Å². The monoisotopic (exact) mass is 253 g/mol. The van der Waals surface area contributed by atoms with Gasteiger partial charge < -0.3 is 4.74 Å². The average molecular weight is 253 g/mol. The number of urea groups is 2. The minimum atomic E-state index is -0.455. The zero-order valence-electron chi connectivity index (χ0n) is 9.34. The molecule has 2 rings (SSSR count). The van der Waals surface area contributed by atoms with Crippen molar-refractivity contribution in [2.75, 3.05) is 18.5 Å². The van der Waals surface area contributed by atoms with Crippen molar-refractivity contribution in [2.24, 2.45) is 0 Å². The first-order chi connectivity index (χ1) is 8.11. The number of amides is 4. The van der Waals surface area contributed by atoms with Gasteiger partial charge in [-0.25, -0.2) is 13.9 Å². The molecule has 0 radical (unpaired) electrons. The van der Waals surface area contributed by atoms with E-state index in [1.807, 2.05) is 0 Å². The highest BCUT2D eigenvalue weighted by molar-refractivity contribution is 7.99. The summed E-state index contributed by atoms with van der Waals surface area (Å²) < 4.78 is 7.76. The molecule has 1 saturated heterocycles. The van der Waals surface area contributed by atoms with Gasteiger partial charge in [0, 0.05) is 7.05 Å². The van der Waals surface area contributed by atoms with Crippen molar-refractivity contribution >= 4 is 29.9 Å². The molecule has 0 atom stereocenters. The van der Waals surface area contributed by atoms with Crippen molar-refractivity contribution in [1.29, 1.82) is 0 Å². The molecule has 1 aliphatic rings. The second-order valence-corrected chi connectivity index (χ2v) is 4.38. The number of carbonyl (C=O) groups excluding carboxylic acids is 2. The van der Waals surface area contributed by atoms with E-state index >= 15 is 0 Å². The van der Waals surface area contributed by atoms with Crippen LogP contribution in [0.5, 0.6) is 5.75 Å². The first-order valence-electron chi connectivity index (χ1n) is 4.83. The molecule has 7 heteroatoms. The van der Waals surface area contributed by atoms with Gasteiger partial charge in [-0.15, -0.1) is 0 Å². The van der Waals surface area contributed by atoms with Gasteiger partial charge in [-0.2, -0.15) is 0 Å². The van der Waals surface area contributed by atoms with Crippen LogP contribution < -0.4 is 14.4 Å². The quantitative estimate of drug-likeness (QED) is 0.817. The maximum atomic E-state index is 11.6. The largest absolute Gasteiger partial charge is 0.497 e. The summed E-state index contributed by atoms with van der Waals surface area (Å²) in [6, 6.07) is 6.11. The molecule has 1 aromatic rings. The number of nitrogens with one attached hydrogen (secondary N) is 1. The second kappa shape index (κ2) is 4.54. The molecule has 0 aromatic heterocycles. The van der Waals surface area contributed by atoms with Crippen LogP contribution in [0.4, 0.5) is 15.3 Å². The first-order valence-corrected chi connectivity index (χ1v) is 5.56. The van der Waals surface area contributed by atoms with Crippen LogP contribution in [0, 0.1) is 0 Å². The fourth-order valence-electron chi connectivity index (χ4n) is 1.30. The highest BCUT2D eigenvalue weighted by Gasteiger charge is 2.29. The molecule has 1 aliphatic heterocycles. The molecule has 1 fully saturated rings. The van der Waals surface area contributed by atoms with E-state index in [4.69, 9.17) is 4.74 Å². The number of hydrogen-bond acceptors (Lipinski definition) is 4. The van der Waals surface area contributed by atoms with Gasteiger partial charge in [0.2, 0.25) is 0 Å². The smallest absolute Gasteiger partial charge is 0.341 e. The molecule has 0 saturated carbocycles. The molecule has 0 unspecified atom stereocenters. The molecular weight excluding hydrogens is 242 g/mol. The lowest BCUT2D eigenvalue weighted by molar-refractivity contribution is 0.222. The van der Waals surface area contributed by atoms with Gasteiger partial charge >= 0.3 is 12.1 Å². The molecular formula is C10H11N3O3S. The van der Waals surface area contributed by atoms with E-state index in [1.165, 1.54) is 8.61 Å². The van der Waals surface area contributed by atoms with Gasteiger partial charge in [0.1, 0.15) is 5.75 Å². The Labute approximate surface area is 103 Å². The third-order valence-corrected chi connectivity index (χ3v) is 3.15. The number of carbonyl (C=O) groups is 2. The number of nitrogens with zero attached hydrogens (tertiary/aromatic N) is 2. The summed E-state index contributed by atoms with van der Waals surface area (Å²) in [7, 11) is 3.16. The lowest BCUT2D eigenvalue weighted by atomic mass is 10.3. The molecule has 0 bridgehead atoms. The Bertz CT molecular complexity index is 449. The van der Waals surface area contributed by atoms with Gasteiger partial charge in [-0.05, 0) is 24.3 Å². The van der Waals surface area contributed by atoms with Crippen LogP contribution in [0.25, 0.3) is 0 Å². The molecule has 4 amide bonds. The van der Waals surface area contributed by atoms with E-state index < -0.39 is 12.1 Å². The lowest BCUT2D eigenvalue weighted by Gasteiger charge is -2.30. The van der Waals surface area contributed by atoms with Crippen molar-refractivity contribution in [3.63, 3.8) is 0 Å². The highest BCUT2D eigenvalue weighted by Crippen LogP contribution is 2.28. The number of hydrogen-bond donors (Lipinski definition) is 1. The van der Waals surface area contributed by atoms with Crippen molar-refractivity contribution in [3.05, 3.63) is 24.3 Å². The van der Waals surface area contributed by atoms with Crippen LogP contribution >= 0.6 is 12.1 Å². The third-order valence-electron chi connectivity index (χ3n) is 2.20. The third kappa shape index (κ3) is 2.28. The molecule has 6 nitrogen and oxygen atoms in total. The Kier molecular flexibility index (Phi) is 3.10. The van der Waals surface area contributed by atoms with Crippen LogP contribution in [0.15, 0.2) is 24.3 Å². The minimum absolute atomic E-state index is 0.426. The van der Waals surface area contributed by atoms with Crippen LogP contribution in [0.1, 0.15) is 0 Å². The van der Waals surface area contributed by atoms with Crippen LogP contribution in [-0.4, -0.2) is 30.5 Å². The molecule has 0 aliphatic carbocycles. The number of rotatable bonds is 2. The average Bonchev–Trinajstić information content (AvgIpc) is 2.34. The minimum Gasteiger partial charge on any atom is -0.497 e. The summed E-state index contributed by atoms with van der Waals surface area (Å²) in [6.07, 6.45) is 0. The summed E-state index contributed by atoms with van der Waals surface area (Å²) in [5.74, 6) is 0.709. The highest BCUT2D eigenvalue weighted by atomic mass is 32.2. The van der Waals surface area contributed by atoms with Gasteiger partial charge in [0.05, 0.1) is 24.9 Å². The topological polar surface area (TPSA) is 61.9 Å². The van der Waals surface area contributed by atoms with Gasteiger partial charge in [0.25, 0.3) is 0 Å². The summed E-state index contributed by atoms with van der Waals surface area (Å²) >= 11 is 1.03. The Hall–Kier alpha value is -1.89. The maximum absolute atomic E-state index is 11.6. The molecule has 1 N–H and O–H groups in total. The number of benzene rings is 1. The van der Waals surface area contributed by atoms with Gasteiger partial charge in [0.15, 0.2) is 0 Å². The van der Waals surface area contributed by atoms with Crippen molar-refractivity contribution in [2.45, 2.75) is 0 Å². The summed E-state index contributed by atoms with van der Waals surface area (Å²) in [4.78, 5) is 22.8. The molecule has 17 heavy (non-hydrogen) atoms. The number of imide groups is 1. The van der Waals surface area contributed by atoms with Crippen molar-refractivity contribution in [3.8, 4) is 5.75 Å². The summed E-state index contributed by atoms with van der Waals surface area (Å²) in [5.41, 5.74) is 0.674. The number of methoxy groups -OCH3 is 1. The van der Waals surface area contributed by atoms with Gasteiger partial charge in [-0.3, -0.25) is 9.62 Å². The van der Waals surface area contributed by atoms with E-state index in [9.17, 15) is 9.59 Å². The fraction of sp³-hybridized carbons (Fsp3) is 0.200. The zero-order chi connectivity index (χ0) is 12.4. The van der Waals surface area contributed by atoms with E-state index in [1.54, 1.807) is 38.4 Å². The molecule has 1 aromatic carbocycles. The zero-order valence-corrected chi connectivity index (χ0v) is 10.2. The Balaban J connectivity index is 2.20. The second-order valence-electron chi connectivity index (χ2n) is 3.31. The van der Waals surface area contributed by atoms with E-state index in [-0.39, 0.29) is 0 Å². The normalized spacial score (nSPS) is 15.9.